The number of carbonyl (C=O) groups is 1. The molecule has 0 radical (unpaired) electrons. The van der Waals surface area contributed by atoms with Crippen LogP contribution in [0.25, 0.3) is 0 Å². The van der Waals surface area contributed by atoms with Gasteiger partial charge in [0, 0.05) is 7.05 Å². The van der Waals surface area contributed by atoms with Gasteiger partial charge in [0.25, 0.3) is 0 Å². The maximum atomic E-state index is 12.9. The average Bonchev–Trinajstić information content (AvgIpc) is 2.24. The lowest BCUT2D eigenvalue weighted by molar-refractivity contribution is -0.305. The van der Waals surface area contributed by atoms with Crippen LogP contribution in [0.2, 0.25) is 0 Å². The Hall–Kier alpha value is -1.61. The third kappa shape index (κ3) is 3.93. The van der Waals surface area contributed by atoms with E-state index in [0.717, 1.165) is 7.05 Å². The fraction of sp³-hybridized carbons (Fsp3) is 0.300. The number of benzene rings is 1. The number of sulfonamides is 1. The van der Waals surface area contributed by atoms with Crippen LogP contribution in [0.3, 0.4) is 0 Å². The normalized spacial score (nSPS) is 11.8. The molecule has 0 saturated heterocycles. The smallest absolute Gasteiger partial charge is 0.218 e. The predicted molar refractivity (Wildman–Crippen MR) is 56.6 cm³/mol. The van der Waals surface area contributed by atoms with Crippen LogP contribution in [-0.2, 0) is 20.6 Å². The Balaban J connectivity index is 2.99. The van der Waals surface area contributed by atoms with Gasteiger partial charge in [-0.15, -0.1) is 0 Å². The summed E-state index contributed by atoms with van der Waals surface area (Å²) >= 11 is 0. The SMILES string of the molecule is CN(CC(=O)[O-])S(=O)(=O)Cc1cc(F)c(F)c(F)c1. The highest BCUT2D eigenvalue weighted by atomic mass is 32.2. The van der Waals surface area contributed by atoms with Crippen LogP contribution in [0.15, 0.2) is 12.1 Å². The first kappa shape index (κ1) is 15.4. The number of hydrogen-bond acceptors (Lipinski definition) is 4. The highest BCUT2D eigenvalue weighted by Gasteiger charge is 2.20. The summed E-state index contributed by atoms with van der Waals surface area (Å²) in [4.78, 5) is 10.3. The molecular weight excluding hydrogens is 287 g/mol. The number of hydrogen-bond donors (Lipinski definition) is 0. The molecule has 0 heterocycles. The lowest BCUT2D eigenvalue weighted by Crippen LogP contribution is -2.39. The Labute approximate surface area is 107 Å². The van der Waals surface area contributed by atoms with Gasteiger partial charge < -0.3 is 9.90 Å². The van der Waals surface area contributed by atoms with Crippen LogP contribution in [0.5, 0.6) is 0 Å². The summed E-state index contributed by atoms with van der Waals surface area (Å²) < 4.78 is 62.2. The summed E-state index contributed by atoms with van der Waals surface area (Å²) in [6.45, 7) is -0.894. The van der Waals surface area contributed by atoms with E-state index < -0.39 is 45.7 Å². The molecule has 0 unspecified atom stereocenters. The van der Waals surface area contributed by atoms with Gasteiger partial charge in [-0.25, -0.2) is 21.6 Å². The van der Waals surface area contributed by atoms with Crippen molar-refractivity contribution in [3.63, 3.8) is 0 Å². The van der Waals surface area contributed by atoms with Crippen LogP contribution in [0, 0.1) is 17.5 Å². The van der Waals surface area contributed by atoms with Crippen molar-refractivity contribution < 1.29 is 31.5 Å². The molecule has 0 aliphatic heterocycles. The largest absolute Gasteiger partial charge is 0.549 e. The van der Waals surface area contributed by atoms with Crippen LogP contribution < -0.4 is 5.11 Å². The van der Waals surface area contributed by atoms with Crippen molar-refractivity contribution in [2.75, 3.05) is 13.6 Å². The second-order valence-corrected chi connectivity index (χ2v) is 5.83. The van der Waals surface area contributed by atoms with E-state index in [-0.39, 0.29) is 5.56 Å². The minimum atomic E-state index is -4.10. The highest BCUT2D eigenvalue weighted by Crippen LogP contribution is 2.16. The summed E-state index contributed by atoms with van der Waals surface area (Å²) in [7, 11) is -3.12. The van der Waals surface area contributed by atoms with Gasteiger partial charge in [-0.1, -0.05) is 0 Å². The zero-order valence-electron chi connectivity index (χ0n) is 9.69. The molecule has 0 atom stereocenters. The molecule has 106 valence electrons. The summed E-state index contributed by atoms with van der Waals surface area (Å²) in [6, 6.07) is 1.06. The van der Waals surface area contributed by atoms with E-state index in [2.05, 4.69) is 0 Å². The third-order valence-corrected chi connectivity index (χ3v) is 4.00. The minimum Gasteiger partial charge on any atom is -0.549 e. The fourth-order valence-electron chi connectivity index (χ4n) is 1.29. The molecule has 0 aliphatic rings. The predicted octanol–water partition coefficient (Wildman–Crippen LogP) is -0.385. The van der Waals surface area contributed by atoms with Crippen molar-refractivity contribution in [2.24, 2.45) is 0 Å². The second-order valence-electron chi connectivity index (χ2n) is 3.76. The van der Waals surface area contributed by atoms with Gasteiger partial charge in [-0.2, -0.15) is 4.31 Å². The Bertz CT molecular complexity index is 580. The van der Waals surface area contributed by atoms with Gasteiger partial charge in [0.15, 0.2) is 17.5 Å². The van der Waals surface area contributed by atoms with Crippen LogP contribution in [0.4, 0.5) is 13.2 Å². The molecular formula is C10H9F3NO4S-. The van der Waals surface area contributed by atoms with Gasteiger partial charge >= 0.3 is 0 Å². The number of aliphatic carboxylic acids is 1. The van der Waals surface area contributed by atoms with E-state index in [9.17, 15) is 31.5 Å². The van der Waals surface area contributed by atoms with Gasteiger partial charge in [0.1, 0.15) is 0 Å². The first-order valence-electron chi connectivity index (χ1n) is 4.91. The first-order valence-corrected chi connectivity index (χ1v) is 6.51. The maximum Gasteiger partial charge on any atom is 0.218 e. The standard InChI is InChI=1S/C10H10F3NO4S/c1-14(4-9(15)16)19(17,18)5-6-2-7(11)10(13)8(12)3-6/h2-3H,4-5H2,1H3,(H,15,16)/p-1. The second kappa shape index (κ2) is 5.57. The lowest BCUT2D eigenvalue weighted by Gasteiger charge is -2.17. The molecule has 19 heavy (non-hydrogen) atoms. The van der Waals surface area contributed by atoms with E-state index in [0.29, 0.717) is 16.4 Å². The molecule has 1 rings (SSSR count). The fourth-order valence-corrected chi connectivity index (χ4v) is 2.40. The zero-order chi connectivity index (χ0) is 14.8. The summed E-state index contributed by atoms with van der Waals surface area (Å²) in [5.74, 6) is -7.22. The number of likely N-dealkylation sites (N-methyl/N-ethyl adjacent to an activating group) is 1. The Kier molecular flexibility index (Phi) is 4.53. The molecule has 0 aliphatic carbocycles. The monoisotopic (exact) mass is 296 g/mol. The number of carboxylic acids is 1. The third-order valence-electron chi connectivity index (χ3n) is 2.22. The van der Waals surface area contributed by atoms with Crippen LogP contribution in [-0.4, -0.2) is 32.3 Å². The van der Waals surface area contributed by atoms with E-state index in [1.807, 2.05) is 0 Å². The molecule has 0 N–H and O–H groups in total. The Morgan fingerprint density at radius 3 is 2.16 bits per heavy atom. The van der Waals surface area contributed by atoms with Crippen molar-refractivity contribution in [1.29, 1.82) is 0 Å². The van der Waals surface area contributed by atoms with Crippen molar-refractivity contribution in [1.82, 2.24) is 4.31 Å². The summed E-state index contributed by atoms with van der Waals surface area (Å²) in [6.07, 6.45) is 0. The molecule has 0 spiro atoms. The van der Waals surface area contributed by atoms with E-state index >= 15 is 0 Å². The minimum absolute atomic E-state index is 0.332. The summed E-state index contributed by atoms with van der Waals surface area (Å²) in [5.41, 5.74) is -0.332. The maximum absolute atomic E-state index is 12.9. The molecule has 1 aromatic carbocycles. The molecule has 5 nitrogen and oxygen atoms in total. The molecule has 0 bridgehead atoms. The molecule has 0 amide bonds. The quantitative estimate of drug-likeness (QED) is 0.694. The van der Waals surface area contributed by atoms with Crippen LogP contribution >= 0.6 is 0 Å². The number of rotatable bonds is 5. The van der Waals surface area contributed by atoms with Crippen molar-refractivity contribution in [2.45, 2.75) is 5.75 Å². The number of nitrogens with zero attached hydrogens (tertiary/aromatic N) is 1. The Morgan fingerprint density at radius 2 is 1.74 bits per heavy atom. The van der Waals surface area contributed by atoms with Gasteiger partial charge in [-0.3, -0.25) is 0 Å². The van der Waals surface area contributed by atoms with E-state index in [4.69, 9.17) is 0 Å². The van der Waals surface area contributed by atoms with Crippen molar-refractivity contribution in [3.05, 3.63) is 35.1 Å². The number of halogens is 3. The molecule has 9 heteroatoms. The average molecular weight is 296 g/mol. The van der Waals surface area contributed by atoms with Crippen LogP contribution in [0.1, 0.15) is 5.56 Å². The van der Waals surface area contributed by atoms with E-state index in [1.165, 1.54) is 0 Å². The number of carbonyl (C=O) groups excluding carboxylic acids is 1. The molecule has 0 aromatic heterocycles. The highest BCUT2D eigenvalue weighted by molar-refractivity contribution is 7.88. The Morgan fingerprint density at radius 1 is 1.26 bits per heavy atom. The van der Waals surface area contributed by atoms with Crippen molar-refractivity contribution in [3.8, 4) is 0 Å². The van der Waals surface area contributed by atoms with Gasteiger partial charge in [0.05, 0.1) is 18.3 Å². The van der Waals surface area contributed by atoms with Crippen molar-refractivity contribution >= 4 is 16.0 Å². The molecule has 1 aromatic rings. The lowest BCUT2D eigenvalue weighted by atomic mass is 10.2. The number of carboxylic acid groups (broad SMARTS) is 1. The van der Waals surface area contributed by atoms with Gasteiger partial charge in [0.2, 0.25) is 10.0 Å². The first-order chi connectivity index (χ1) is 8.63. The topological polar surface area (TPSA) is 77.5 Å². The van der Waals surface area contributed by atoms with Gasteiger partial charge in [-0.05, 0) is 17.7 Å². The molecule has 0 fully saturated rings. The zero-order valence-corrected chi connectivity index (χ0v) is 10.5. The molecule has 0 saturated carbocycles. The van der Waals surface area contributed by atoms with E-state index in [1.54, 1.807) is 0 Å². The summed E-state index contributed by atoms with van der Waals surface area (Å²) in [5, 5.41) is 10.3.